The maximum absolute atomic E-state index is 12.3. The Bertz CT molecular complexity index is 522. The number of carbonyl (C=O) groups is 3. The molecular weight excluding hydrogens is 324 g/mol. The number of amides is 2. The molecule has 2 atom stereocenters. The summed E-state index contributed by atoms with van der Waals surface area (Å²) >= 11 is 0. The Hall–Kier alpha value is -1.79. The molecule has 7 heteroatoms. The summed E-state index contributed by atoms with van der Waals surface area (Å²) in [6, 6.07) is 0.105. The maximum atomic E-state index is 12.3. The Morgan fingerprint density at radius 3 is 2.32 bits per heavy atom. The highest BCUT2D eigenvalue weighted by molar-refractivity contribution is 6.32. The zero-order chi connectivity index (χ0) is 18.8. The van der Waals surface area contributed by atoms with Gasteiger partial charge in [0.2, 0.25) is 0 Å². The van der Waals surface area contributed by atoms with Gasteiger partial charge in [-0.15, -0.1) is 0 Å². The predicted octanol–water partition coefficient (Wildman–Crippen LogP) is 2.09. The van der Waals surface area contributed by atoms with E-state index in [0.717, 1.165) is 25.7 Å². The fraction of sp³-hybridized carbons (Fsp3) is 0.833. The van der Waals surface area contributed by atoms with Crippen LogP contribution in [0.5, 0.6) is 0 Å². The van der Waals surface area contributed by atoms with Crippen LogP contribution in [0.25, 0.3) is 0 Å². The van der Waals surface area contributed by atoms with E-state index in [0.29, 0.717) is 18.4 Å². The van der Waals surface area contributed by atoms with Gasteiger partial charge in [-0.05, 0) is 58.3 Å². The third kappa shape index (κ3) is 5.09. The van der Waals surface area contributed by atoms with Crippen LogP contribution in [-0.2, 0) is 19.1 Å². The van der Waals surface area contributed by atoms with Gasteiger partial charge >= 0.3 is 18.0 Å². The van der Waals surface area contributed by atoms with Crippen LogP contribution in [0.2, 0.25) is 0 Å². The van der Waals surface area contributed by atoms with Crippen LogP contribution >= 0.6 is 0 Å². The number of hydrogen-bond acceptors (Lipinski definition) is 5. The number of likely N-dealkylation sites (tertiary alicyclic amines) is 1. The zero-order valence-electron chi connectivity index (χ0n) is 15.8. The lowest BCUT2D eigenvalue weighted by Gasteiger charge is -2.48. The predicted molar refractivity (Wildman–Crippen MR) is 91.8 cm³/mol. The first-order valence-corrected chi connectivity index (χ1v) is 8.99. The molecule has 0 radical (unpaired) electrons. The van der Waals surface area contributed by atoms with Gasteiger partial charge in [0.05, 0.1) is 7.11 Å². The van der Waals surface area contributed by atoms with E-state index >= 15 is 0 Å². The highest BCUT2D eigenvalue weighted by Gasteiger charge is 2.43. The van der Waals surface area contributed by atoms with E-state index in [2.05, 4.69) is 17.0 Å². The molecule has 1 saturated carbocycles. The summed E-state index contributed by atoms with van der Waals surface area (Å²) < 4.78 is 9.87. The van der Waals surface area contributed by atoms with Gasteiger partial charge in [0.1, 0.15) is 5.60 Å². The van der Waals surface area contributed by atoms with E-state index < -0.39 is 23.6 Å². The molecule has 0 aromatic carbocycles. The number of rotatable bonds is 2. The van der Waals surface area contributed by atoms with Gasteiger partial charge in [0.15, 0.2) is 0 Å². The first kappa shape index (κ1) is 19.5. The number of nitrogens with zero attached hydrogens (tertiary/aromatic N) is 1. The van der Waals surface area contributed by atoms with Crippen LogP contribution < -0.4 is 5.32 Å². The molecule has 0 spiro atoms. The van der Waals surface area contributed by atoms with E-state index in [4.69, 9.17) is 4.74 Å². The average Bonchev–Trinajstić information content (AvgIpc) is 2.47. The fourth-order valence-corrected chi connectivity index (χ4v) is 3.67. The van der Waals surface area contributed by atoms with E-state index in [1.807, 2.05) is 20.8 Å². The summed E-state index contributed by atoms with van der Waals surface area (Å²) in [5.74, 6) is -0.689. The molecule has 2 aliphatic rings. The Kier molecular flexibility index (Phi) is 5.95. The van der Waals surface area contributed by atoms with Gasteiger partial charge in [-0.1, -0.05) is 6.92 Å². The zero-order valence-corrected chi connectivity index (χ0v) is 15.8. The molecule has 7 nitrogen and oxygen atoms in total. The quantitative estimate of drug-likeness (QED) is 0.606. The second-order valence-corrected chi connectivity index (χ2v) is 8.27. The number of esters is 1. The minimum absolute atomic E-state index is 0.0412. The van der Waals surface area contributed by atoms with Crippen LogP contribution in [0.1, 0.15) is 53.4 Å². The van der Waals surface area contributed by atoms with Gasteiger partial charge < -0.3 is 19.7 Å². The molecule has 2 fully saturated rings. The van der Waals surface area contributed by atoms with Gasteiger partial charge in [-0.2, -0.15) is 0 Å². The van der Waals surface area contributed by atoms with Crippen LogP contribution in [0.4, 0.5) is 4.79 Å². The monoisotopic (exact) mass is 354 g/mol. The smallest absolute Gasteiger partial charge is 0.407 e. The van der Waals surface area contributed by atoms with E-state index in [1.165, 1.54) is 7.11 Å². The van der Waals surface area contributed by atoms with Gasteiger partial charge in [0.25, 0.3) is 0 Å². The van der Waals surface area contributed by atoms with Crippen molar-refractivity contribution >= 4 is 18.0 Å². The van der Waals surface area contributed by atoms with Crippen molar-refractivity contribution in [2.45, 2.75) is 71.1 Å². The van der Waals surface area contributed by atoms with Crippen molar-refractivity contribution in [1.29, 1.82) is 0 Å². The second kappa shape index (κ2) is 7.62. The molecular formula is C18H30N2O5. The summed E-state index contributed by atoms with van der Waals surface area (Å²) in [5, 5.41) is 2.87. The summed E-state index contributed by atoms with van der Waals surface area (Å²) in [6.07, 6.45) is 3.10. The van der Waals surface area contributed by atoms with Crippen molar-refractivity contribution in [3.63, 3.8) is 0 Å². The Morgan fingerprint density at radius 1 is 1.12 bits per heavy atom. The molecule has 2 rings (SSSR count). The number of alkyl carbamates (subject to hydrolysis) is 1. The summed E-state index contributed by atoms with van der Waals surface area (Å²) in [4.78, 5) is 37.5. The van der Waals surface area contributed by atoms with Crippen molar-refractivity contribution < 1.29 is 23.9 Å². The van der Waals surface area contributed by atoms with E-state index in [-0.39, 0.29) is 12.1 Å². The van der Waals surface area contributed by atoms with Crippen molar-refractivity contribution in [3.05, 3.63) is 0 Å². The fourth-order valence-electron chi connectivity index (χ4n) is 3.67. The Labute approximate surface area is 149 Å². The maximum Gasteiger partial charge on any atom is 0.407 e. The lowest BCUT2D eigenvalue weighted by molar-refractivity contribution is -0.162. The molecule has 1 heterocycles. The number of nitrogens with one attached hydrogen (secondary N) is 1. The molecule has 0 aromatic rings. The van der Waals surface area contributed by atoms with Crippen LogP contribution in [0.3, 0.4) is 0 Å². The van der Waals surface area contributed by atoms with Crippen molar-refractivity contribution in [2.24, 2.45) is 11.8 Å². The Balaban J connectivity index is 1.89. The van der Waals surface area contributed by atoms with E-state index in [1.54, 1.807) is 4.90 Å². The van der Waals surface area contributed by atoms with Gasteiger partial charge in [-0.25, -0.2) is 9.59 Å². The first-order chi connectivity index (χ1) is 11.6. The minimum Gasteiger partial charge on any atom is -0.462 e. The topological polar surface area (TPSA) is 84.9 Å². The highest BCUT2D eigenvalue weighted by Crippen LogP contribution is 2.38. The second-order valence-electron chi connectivity index (χ2n) is 8.27. The molecule has 1 saturated heterocycles. The lowest BCUT2D eigenvalue weighted by Crippen LogP contribution is -2.57. The lowest BCUT2D eigenvalue weighted by atomic mass is 9.72. The third-order valence-electron chi connectivity index (χ3n) is 4.92. The first-order valence-electron chi connectivity index (χ1n) is 8.99. The molecule has 2 amide bonds. The van der Waals surface area contributed by atoms with Crippen LogP contribution in [0, 0.1) is 11.8 Å². The van der Waals surface area contributed by atoms with Crippen molar-refractivity contribution in [1.82, 2.24) is 10.2 Å². The van der Waals surface area contributed by atoms with Gasteiger partial charge in [-0.3, -0.25) is 4.79 Å². The molecule has 1 N–H and O–H groups in total. The number of methoxy groups -OCH3 is 1. The summed E-state index contributed by atoms with van der Waals surface area (Å²) in [6.45, 7) is 8.15. The average molecular weight is 354 g/mol. The summed E-state index contributed by atoms with van der Waals surface area (Å²) in [5.41, 5.74) is -0.517. The molecule has 142 valence electrons. The number of ether oxygens (including phenoxy) is 2. The molecule has 1 aliphatic carbocycles. The molecule has 25 heavy (non-hydrogen) atoms. The van der Waals surface area contributed by atoms with Gasteiger partial charge in [0, 0.05) is 18.6 Å². The number of carbonyl (C=O) groups excluding carboxylic acids is 3. The van der Waals surface area contributed by atoms with Crippen LogP contribution in [0.15, 0.2) is 0 Å². The van der Waals surface area contributed by atoms with Crippen molar-refractivity contribution in [3.8, 4) is 0 Å². The summed E-state index contributed by atoms with van der Waals surface area (Å²) in [7, 11) is 1.23. The molecule has 0 bridgehead atoms. The number of piperidine rings is 1. The van der Waals surface area contributed by atoms with E-state index in [9.17, 15) is 14.4 Å². The van der Waals surface area contributed by atoms with Crippen LogP contribution in [-0.4, -0.2) is 54.2 Å². The van der Waals surface area contributed by atoms with Crippen molar-refractivity contribution in [2.75, 3.05) is 13.7 Å². The molecule has 0 aromatic heterocycles. The largest absolute Gasteiger partial charge is 0.462 e. The molecule has 2 unspecified atom stereocenters. The standard InChI is InChI=1S/C18H30N2O5/c1-11-6-7-14(20(10-11)15(21)16(22)24-5)12-8-13(9-12)19-17(23)25-18(2,3)4/h11-14H,6-10H2,1-5H3,(H,19,23)/t11?,12-,13-,14?. The highest BCUT2D eigenvalue weighted by atomic mass is 16.6. The normalized spacial score (nSPS) is 29.4. The Morgan fingerprint density at radius 2 is 1.76 bits per heavy atom. The SMILES string of the molecule is COC(=O)C(=O)N1CC(C)CCC1[C@H]1C[C@H](NC(=O)OC(C)(C)C)C1. The molecule has 1 aliphatic heterocycles. The third-order valence-corrected chi connectivity index (χ3v) is 4.92. The minimum atomic E-state index is -0.804. The number of hydrogen-bond donors (Lipinski definition) is 1.